The fraction of sp³-hybridized carbons (Fsp3) is 0.138. The molecule has 2 heterocycles. The molecule has 2 heteroatoms. The van der Waals surface area contributed by atoms with Crippen molar-refractivity contribution in [1.29, 1.82) is 0 Å². The summed E-state index contributed by atoms with van der Waals surface area (Å²) in [5, 5.41) is 0. The van der Waals surface area contributed by atoms with Crippen molar-refractivity contribution in [2.75, 3.05) is 0 Å². The first kappa shape index (κ1) is 19.3. The Balaban J connectivity index is 1.97. The van der Waals surface area contributed by atoms with Gasteiger partial charge in [-0.3, -0.25) is 0 Å². The van der Waals surface area contributed by atoms with E-state index in [-0.39, 0.29) is 0 Å². The van der Waals surface area contributed by atoms with Gasteiger partial charge in [0.1, 0.15) is 12.8 Å². The normalized spacial score (nSPS) is 18.9. The lowest BCUT2D eigenvalue weighted by molar-refractivity contribution is -0.676. The van der Waals surface area contributed by atoms with Crippen LogP contribution >= 0.6 is 0 Å². The largest absolute Gasteiger partial charge is 0.404 e. The number of fused-ring (bicyclic) bond motifs is 3. The van der Waals surface area contributed by atoms with Crippen molar-refractivity contribution < 1.29 is 9.30 Å². The van der Waals surface area contributed by atoms with E-state index in [9.17, 15) is 0 Å². The molecule has 0 fully saturated rings. The van der Waals surface area contributed by atoms with Crippen molar-refractivity contribution in [2.45, 2.75) is 19.8 Å². The molecule has 1 aliphatic carbocycles. The summed E-state index contributed by atoms with van der Waals surface area (Å²) < 4.78 is 8.42. The summed E-state index contributed by atoms with van der Waals surface area (Å²) in [4.78, 5) is 0. The van der Waals surface area contributed by atoms with Crippen LogP contribution in [-0.2, 0) is 13.5 Å². The third-order valence-electron chi connectivity index (χ3n) is 6.09. The number of hydrogen-bond donors (Lipinski definition) is 0. The van der Waals surface area contributed by atoms with E-state index >= 15 is 0 Å². The second kappa shape index (κ2) is 7.88. The number of allylic oxidation sites excluding steroid dienone is 6. The van der Waals surface area contributed by atoms with E-state index in [4.69, 9.17) is 4.74 Å². The summed E-state index contributed by atoms with van der Waals surface area (Å²) in [5.74, 6) is 1.75. The third-order valence-corrected chi connectivity index (χ3v) is 6.09. The van der Waals surface area contributed by atoms with Gasteiger partial charge in [-0.15, -0.1) is 0 Å². The first-order chi connectivity index (χ1) is 15.2. The molecule has 0 N–H and O–H groups in total. The molecule has 0 amide bonds. The molecule has 0 saturated carbocycles. The fourth-order valence-corrected chi connectivity index (χ4v) is 4.58. The first-order valence-electron chi connectivity index (χ1n) is 10.8. The Kier molecular flexibility index (Phi) is 4.91. The van der Waals surface area contributed by atoms with Crippen molar-refractivity contribution in [2.24, 2.45) is 7.05 Å². The Hall–Kier alpha value is -3.65. The quantitative estimate of drug-likeness (QED) is 0.258. The predicted octanol–water partition coefficient (Wildman–Crippen LogP) is 6.58. The van der Waals surface area contributed by atoms with Gasteiger partial charge in [0.15, 0.2) is 6.20 Å². The molecule has 0 unspecified atom stereocenters. The number of aryl methyl sites for hydroxylation is 2. The van der Waals surface area contributed by atoms with Crippen LogP contribution in [0.25, 0.3) is 11.1 Å². The molecule has 5 rings (SSSR count). The van der Waals surface area contributed by atoms with E-state index < -0.39 is 0 Å². The molecule has 0 radical (unpaired) electrons. The van der Waals surface area contributed by atoms with Gasteiger partial charge in [-0.2, -0.15) is 4.57 Å². The Morgan fingerprint density at radius 2 is 1.61 bits per heavy atom. The molecule has 0 atom stereocenters. The number of rotatable bonds is 1. The van der Waals surface area contributed by atoms with E-state index in [1.165, 1.54) is 33.4 Å². The van der Waals surface area contributed by atoms with E-state index in [0.29, 0.717) is 0 Å². The lowest BCUT2D eigenvalue weighted by Gasteiger charge is -2.25. The van der Waals surface area contributed by atoms with Crippen LogP contribution in [0.4, 0.5) is 0 Å². The Morgan fingerprint density at radius 1 is 0.871 bits per heavy atom. The summed E-state index contributed by atoms with van der Waals surface area (Å²) in [5.41, 5.74) is 9.68. The van der Waals surface area contributed by atoms with E-state index in [0.717, 1.165) is 35.6 Å². The molecule has 1 aliphatic heterocycles. The molecule has 0 saturated heterocycles. The summed E-state index contributed by atoms with van der Waals surface area (Å²) in [7, 11) is 2.03. The summed E-state index contributed by atoms with van der Waals surface area (Å²) >= 11 is 0. The SMILES string of the molecule is C=C1CCc2ccccc2C(=C2c3ccccc3Oc3c2ccc[n+]3C)C1=CC=CC. The maximum Gasteiger partial charge on any atom is 0.381 e. The molecule has 152 valence electrons. The van der Waals surface area contributed by atoms with Crippen LogP contribution in [0.5, 0.6) is 11.6 Å². The van der Waals surface area contributed by atoms with Crippen LogP contribution in [0, 0.1) is 0 Å². The second-order valence-electron chi connectivity index (χ2n) is 8.05. The molecular weight excluding hydrogens is 378 g/mol. The van der Waals surface area contributed by atoms with Crippen LogP contribution in [0.2, 0.25) is 0 Å². The zero-order chi connectivity index (χ0) is 21.4. The Bertz CT molecular complexity index is 1290. The molecule has 31 heavy (non-hydrogen) atoms. The summed E-state index contributed by atoms with van der Waals surface area (Å²) in [6.45, 7) is 6.55. The topological polar surface area (TPSA) is 13.1 Å². The van der Waals surface area contributed by atoms with Crippen LogP contribution in [0.15, 0.2) is 103 Å². The lowest BCUT2D eigenvalue weighted by atomic mass is 9.82. The van der Waals surface area contributed by atoms with E-state index in [1.807, 2.05) is 19.3 Å². The number of nitrogens with zero attached hydrogens (tertiary/aromatic N) is 1. The van der Waals surface area contributed by atoms with E-state index in [1.54, 1.807) is 0 Å². The van der Waals surface area contributed by atoms with Gasteiger partial charge >= 0.3 is 5.88 Å². The van der Waals surface area contributed by atoms with Gasteiger partial charge in [-0.25, -0.2) is 0 Å². The van der Waals surface area contributed by atoms with Crippen LogP contribution < -0.4 is 9.30 Å². The first-order valence-corrected chi connectivity index (χ1v) is 10.8. The average molecular weight is 405 g/mol. The number of aromatic nitrogens is 1. The lowest BCUT2D eigenvalue weighted by Crippen LogP contribution is -2.31. The van der Waals surface area contributed by atoms with Gasteiger partial charge in [0.2, 0.25) is 0 Å². The van der Waals surface area contributed by atoms with Crippen molar-refractivity contribution in [3.63, 3.8) is 0 Å². The van der Waals surface area contributed by atoms with Gasteiger partial charge in [-0.05, 0) is 59.7 Å². The highest BCUT2D eigenvalue weighted by molar-refractivity contribution is 6.09. The minimum atomic E-state index is 0.862. The van der Waals surface area contributed by atoms with Crippen molar-refractivity contribution >= 4 is 11.1 Å². The highest BCUT2D eigenvalue weighted by Gasteiger charge is 2.33. The molecule has 2 aliphatic rings. The number of para-hydroxylation sites is 1. The van der Waals surface area contributed by atoms with Crippen molar-refractivity contribution in [3.05, 3.63) is 125 Å². The minimum absolute atomic E-state index is 0.862. The van der Waals surface area contributed by atoms with Crippen molar-refractivity contribution in [3.8, 4) is 11.6 Å². The Labute approximate surface area is 184 Å². The maximum atomic E-state index is 6.36. The summed E-state index contributed by atoms with van der Waals surface area (Å²) in [6.07, 6.45) is 10.4. The highest BCUT2D eigenvalue weighted by Crippen LogP contribution is 2.49. The van der Waals surface area contributed by atoms with Gasteiger partial charge in [0.25, 0.3) is 0 Å². The van der Waals surface area contributed by atoms with Crippen LogP contribution in [-0.4, -0.2) is 0 Å². The third kappa shape index (κ3) is 3.25. The van der Waals surface area contributed by atoms with E-state index in [2.05, 4.69) is 90.9 Å². The predicted molar refractivity (Wildman–Crippen MR) is 127 cm³/mol. The second-order valence-corrected chi connectivity index (χ2v) is 8.05. The summed E-state index contributed by atoms with van der Waals surface area (Å²) in [6, 6.07) is 21.4. The zero-order valence-electron chi connectivity index (χ0n) is 18.1. The van der Waals surface area contributed by atoms with Crippen molar-refractivity contribution in [1.82, 2.24) is 0 Å². The monoisotopic (exact) mass is 404 g/mol. The molecule has 1 aromatic heterocycles. The molecule has 2 nitrogen and oxygen atoms in total. The minimum Gasteiger partial charge on any atom is -0.404 e. The standard InChI is InChI=1S/C29H26NO/c1-4-5-12-22-20(2)17-18-21-11-6-7-13-23(21)27(22)28-24-14-8-9-16-26(24)31-29-25(28)15-10-19-30(29)3/h4-16,19H,2,17-18H2,1,3H3/q+1. The van der Waals surface area contributed by atoms with Gasteiger partial charge in [0, 0.05) is 17.2 Å². The fourth-order valence-electron chi connectivity index (χ4n) is 4.58. The zero-order valence-corrected chi connectivity index (χ0v) is 18.1. The molecular formula is C29H26NO+. The smallest absolute Gasteiger partial charge is 0.381 e. The number of hydrogen-bond acceptors (Lipinski definition) is 1. The molecule has 0 spiro atoms. The number of pyridine rings is 1. The maximum absolute atomic E-state index is 6.36. The number of ether oxygens (including phenoxy) is 1. The molecule has 3 aromatic rings. The van der Waals surface area contributed by atoms with Gasteiger partial charge < -0.3 is 4.74 Å². The van der Waals surface area contributed by atoms with Gasteiger partial charge in [0.05, 0.1) is 5.56 Å². The Morgan fingerprint density at radius 3 is 2.45 bits per heavy atom. The molecule has 0 bridgehead atoms. The van der Waals surface area contributed by atoms with Gasteiger partial charge in [-0.1, -0.05) is 67.3 Å². The number of benzene rings is 2. The average Bonchev–Trinajstić information content (AvgIpc) is 2.93. The van der Waals surface area contributed by atoms with Crippen LogP contribution in [0.3, 0.4) is 0 Å². The van der Waals surface area contributed by atoms with Crippen LogP contribution in [0.1, 0.15) is 35.6 Å². The highest BCUT2D eigenvalue weighted by atomic mass is 16.5. The molecule has 2 aromatic carbocycles.